The summed E-state index contributed by atoms with van der Waals surface area (Å²) in [5, 5.41) is 12.1. The van der Waals surface area contributed by atoms with Crippen molar-refractivity contribution in [2.24, 2.45) is 0 Å². The predicted molar refractivity (Wildman–Crippen MR) is 93.7 cm³/mol. The lowest BCUT2D eigenvalue weighted by molar-refractivity contribution is -0.144. The average Bonchev–Trinajstić information content (AvgIpc) is 2.86. The van der Waals surface area contributed by atoms with Gasteiger partial charge in [-0.25, -0.2) is 14.0 Å². The SMILES string of the molecule is CC(C)(C)OC(=O)NC1(C(=O)O)CCN(Cc2cccc(F)c2Br)C1. The number of likely N-dealkylation sites (tertiary alicyclic amines) is 1. The molecule has 138 valence electrons. The summed E-state index contributed by atoms with van der Waals surface area (Å²) in [5.41, 5.74) is -1.41. The number of ether oxygens (including phenoxy) is 1. The summed E-state index contributed by atoms with van der Waals surface area (Å²) in [6.07, 6.45) is -0.516. The second kappa shape index (κ2) is 7.29. The number of nitrogens with zero attached hydrogens (tertiary/aromatic N) is 1. The average molecular weight is 417 g/mol. The molecule has 1 saturated heterocycles. The van der Waals surface area contributed by atoms with Crippen LogP contribution in [0.25, 0.3) is 0 Å². The van der Waals surface area contributed by atoms with E-state index in [0.717, 1.165) is 5.56 Å². The number of hydrogen-bond donors (Lipinski definition) is 2. The Morgan fingerprint density at radius 3 is 2.72 bits per heavy atom. The number of rotatable bonds is 4. The van der Waals surface area contributed by atoms with Crippen LogP contribution in [0.2, 0.25) is 0 Å². The standard InChI is InChI=1S/C17H22BrFN2O4/c1-16(2,3)25-15(24)20-17(14(22)23)7-8-21(10-17)9-11-5-4-6-12(19)13(11)18/h4-6H,7-10H2,1-3H3,(H,20,24)(H,22,23). The van der Waals surface area contributed by atoms with Crippen molar-refractivity contribution < 1.29 is 23.8 Å². The largest absolute Gasteiger partial charge is 0.479 e. The van der Waals surface area contributed by atoms with Gasteiger partial charge in [0.25, 0.3) is 0 Å². The molecule has 1 aliphatic rings. The highest BCUT2D eigenvalue weighted by atomic mass is 79.9. The van der Waals surface area contributed by atoms with Crippen molar-refractivity contribution in [3.05, 3.63) is 34.1 Å². The minimum Gasteiger partial charge on any atom is -0.479 e. The fourth-order valence-corrected chi connectivity index (χ4v) is 3.15. The van der Waals surface area contributed by atoms with Gasteiger partial charge in [-0.2, -0.15) is 0 Å². The zero-order valence-electron chi connectivity index (χ0n) is 14.4. The smallest absolute Gasteiger partial charge is 0.408 e. The Labute approximate surface area is 154 Å². The van der Waals surface area contributed by atoms with E-state index in [2.05, 4.69) is 21.2 Å². The number of halogens is 2. The van der Waals surface area contributed by atoms with Crippen LogP contribution in [-0.2, 0) is 16.1 Å². The summed E-state index contributed by atoms with van der Waals surface area (Å²) in [5.74, 6) is -1.48. The molecule has 0 aliphatic carbocycles. The highest BCUT2D eigenvalue weighted by molar-refractivity contribution is 9.10. The predicted octanol–water partition coefficient (Wildman–Crippen LogP) is 3.14. The minimum atomic E-state index is -1.41. The maximum Gasteiger partial charge on any atom is 0.408 e. The lowest BCUT2D eigenvalue weighted by Crippen LogP contribution is -2.57. The van der Waals surface area contributed by atoms with Crippen LogP contribution < -0.4 is 5.32 Å². The van der Waals surface area contributed by atoms with Gasteiger partial charge in [-0.15, -0.1) is 0 Å². The van der Waals surface area contributed by atoms with E-state index in [1.807, 2.05) is 4.90 Å². The van der Waals surface area contributed by atoms with Gasteiger partial charge < -0.3 is 15.2 Å². The molecule has 1 atom stereocenters. The van der Waals surface area contributed by atoms with E-state index in [-0.39, 0.29) is 18.8 Å². The minimum absolute atomic E-state index is 0.116. The van der Waals surface area contributed by atoms with Crippen molar-refractivity contribution in [3.8, 4) is 0 Å². The zero-order chi connectivity index (χ0) is 18.8. The molecule has 0 saturated carbocycles. The maximum absolute atomic E-state index is 13.6. The van der Waals surface area contributed by atoms with E-state index in [9.17, 15) is 19.1 Å². The van der Waals surface area contributed by atoms with Crippen molar-refractivity contribution in [1.29, 1.82) is 0 Å². The lowest BCUT2D eigenvalue weighted by atomic mass is 9.99. The second-order valence-electron chi connectivity index (χ2n) is 7.19. The van der Waals surface area contributed by atoms with Crippen molar-refractivity contribution in [3.63, 3.8) is 0 Å². The zero-order valence-corrected chi connectivity index (χ0v) is 16.0. The molecule has 0 aromatic heterocycles. The number of benzene rings is 1. The van der Waals surface area contributed by atoms with Crippen LogP contribution in [0.15, 0.2) is 22.7 Å². The van der Waals surface area contributed by atoms with Gasteiger partial charge in [-0.1, -0.05) is 12.1 Å². The number of hydrogen-bond acceptors (Lipinski definition) is 4. The third-order valence-electron chi connectivity index (χ3n) is 3.92. The van der Waals surface area contributed by atoms with E-state index in [1.165, 1.54) is 6.07 Å². The Bertz CT molecular complexity index is 677. The molecular formula is C17H22BrFN2O4. The number of nitrogens with one attached hydrogen (secondary N) is 1. The van der Waals surface area contributed by atoms with Gasteiger partial charge in [0.2, 0.25) is 0 Å². The Morgan fingerprint density at radius 1 is 1.44 bits per heavy atom. The molecule has 1 aromatic rings. The van der Waals surface area contributed by atoms with Crippen LogP contribution in [0.1, 0.15) is 32.8 Å². The molecule has 2 N–H and O–H groups in total. The van der Waals surface area contributed by atoms with Gasteiger partial charge in [0, 0.05) is 19.6 Å². The van der Waals surface area contributed by atoms with Gasteiger partial charge in [0.15, 0.2) is 5.54 Å². The number of aliphatic carboxylic acids is 1. The summed E-state index contributed by atoms with van der Waals surface area (Å²) < 4.78 is 19.2. The number of amides is 1. The van der Waals surface area contributed by atoms with Crippen LogP contribution in [0.3, 0.4) is 0 Å². The molecule has 1 fully saturated rings. The fraction of sp³-hybridized carbons (Fsp3) is 0.529. The molecule has 8 heteroatoms. The number of carboxylic acids is 1. The number of alkyl carbamates (subject to hydrolysis) is 1. The van der Waals surface area contributed by atoms with Gasteiger partial charge in [0.1, 0.15) is 11.4 Å². The molecule has 1 heterocycles. The molecule has 6 nitrogen and oxygen atoms in total. The van der Waals surface area contributed by atoms with E-state index < -0.39 is 23.2 Å². The van der Waals surface area contributed by atoms with Gasteiger partial charge in [0.05, 0.1) is 4.47 Å². The van der Waals surface area contributed by atoms with Gasteiger partial charge in [-0.3, -0.25) is 4.90 Å². The third-order valence-corrected chi connectivity index (χ3v) is 4.81. The molecule has 1 aliphatic heterocycles. The van der Waals surface area contributed by atoms with Gasteiger partial charge >= 0.3 is 12.1 Å². The molecule has 0 spiro atoms. The molecule has 1 amide bonds. The summed E-state index contributed by atoms with van der Waals surface area (Å²) in [6, 6.07) is 4.73. The Morgan fingerprint density at radius 2 is 2.12 bits per heavy atom. The summed E-state index contributed by atoms with van der Waals surface area (Å²) in [7, 11) is 0. The molecule has 0 bridgehead atoms. The van der Waals surface area contributed by atoms with E-state index in [1.54, 1.807) is 32.9 Å². The fourth-order valence-electron chi connectivity index (χ4n) is 2.76. The summed E-state index contributed by atoms with van der Waals surface area (Å²) in [4.78, 5) is 25.7. The molecule has 25 heavy (non-hydrogen) atoms. The van der Waals surface area contributed by atoms with E-state index >= 15 is 0 Å². The second-order valence-corrected chi connectivity index (χ2v) is 7.98. The first-order chi connectivity index (χ1) is 11.5. The number of carbonyl (C=O) groups excluding carboxylic acids is 1. The highest BCUT2D eigenvalue weighted by Gasteiger charge is 2.47. The molecule has 1 aromatic carbocycles. The van der Waals surface area contributed by atoms with Crippen LogP contribution in [0.5, 0.6) is 0 Å². The lowest BCUT2D eigenvalue weighted by Gasteiger charge is -2.28. The molecular weight excluding hydrogens is 395 g/mol. The van der Waals surface area contributed by atoms with Crippen molar-refractivity contribution in [1.82, 2.24) is 10.2 Å². The maximum atomic E-state index is 13.6. The topological polar surface area (TPSA) is 78.9 Å². The van der Waals surface area contributed by atoms with Crippen molar-refractivity contribution >= 4 is 28.0 Å². The van der Waals surface area contributed by atoms with Crippen molar-refractivity contribution in [2.45, 2.75) is 44.9 Å². The number of carbonyl (C=O) groups is 2. The van der Waals surface area contributed by atoms with E-state index in [0.29, 0.717) is 17.6 Å². The summed E-state index contributed by atoms with van der Waals surface area (Å²) in [6.45, 7) is 6.09. The number of carboxylic acid groups (broad SMARTS) is 1. The molecule has 2 rings (SSSR count). The monoisotopic (exact) mass is 416 g/mol. The van der Waals surface area contributed by atoms with Crippen LogP contribution in [0.4, 0.5) is 9.18 Å². The van der Waals surface area contributed by atoms with Crippen LogP contribution in [0, 0.1) is 5.82 Å². The molecule has 0 radical (unpaired) electrons. The first-order valence-electron chi connectivity index (χ1n) is 7.92. The first kappa shape index (κ1) is 19.7. The Hall–Kier alpha value is -1.67. The quantitative estimate of drug-likeness (QED) is 0.787. The molecule has 1 unspecified atom stereocenters. The summed E-state index contributed by atoms with van der Waals surface area (Å²) >= 11 is 3.21. The van der Waals surface area contributed by atoms with Crippen LogP contribution in [-0.4, -0.2) is 46.3 Å². The van der Waals surface area contributed by atoms with Crippen LogP contribution >= 0.6 is 15.9 Å². The normalized spacial score (nSPS) is 21.2. The first-order valence-corrected chi connectivity index (χ1v) is 8.71. The van der Waals surface area contributed by atoms with Gasteiger partial charge in [-0.05, 0) is 54.8 Å². The Kier molecular flexibility index (Phi) is 5.73. The van der Waals surface area contributed by atoms with E-state index in [4.69, 9.17) is 4.74 Å². The highest BCUT2D eigenvalue weighted by Crippen LogP contribution is 2.27. The van der Waals surface area contributed by atoms with Crippen molar-refractivity contribution in [2.75, 3.05) is 13.1 Å². The third kappa shape index (κ3) is 4.92. The Balaban J connectivity index is 2.09.